The number of hydrogen-bond acceptors (Lipinski definition) is 2. The highest BCUT2D eigenvalue weighted by Crippen LogP contribution is 2.46. The fourth-order valence-corrected chi connectivity index (χ4v) is 4.49. The van der Waals surface area contributed by atoms with Crippen LogP contribution in [0, 0.1) is 6.92 Å². The molecule has 1 aliphatic rings. The van der Waals surface area contributed by atoms with E-state index in [1.807, 2.05) is 17.4 Å². The van der Waals surface area contributed by atoms with Gasteiger partial charge in [0.05, 0.1) is 0 Å². The summed E-state index contributed by atoms with van der Waals surface area (Å²) in [6.45, 7) is 6.69. The molecule has 2 heteroatoms. The minimum atomic E-state index is 0.215. The third-order valence-corrected chi connectivity index (χ3v) is 6.13. The highest BCUT2D eigenvalue weighted by atomic mass is 32.1. The summed E-state index contributed by atoms with van der Waals surface area (Å²) in [6.07, 6.45) is 6.68. The topological polar surface area (TPSA) is 17.1 Å². The Morgan fingerprint density at radius 1 is 1.18 bits per heavy atom. The molecule has 22 heavy (non-hydrogen) atoms. The molecule has 1 aliphatic carbocycles. The Balaban J connectivity index is 2.21. The van der Waals surface area contributed by atoms with Gasteiger partial charge < -0.3 is 0 Å². The van der Waals surface area contributed by atoms with E-state index in [4.69, 9.17) is 0 Å². The standard InChI is InChI=1S/C20H22OS/c1-4-20(5-2)11-10-16(19-9-6-14(3)22-19)17-12-15(13-21)7-8-18(17)20/h6-10,12-13H,4-5,11H2,1-3H3. The monoisotopic (exact) mass is 310 g/mol. The van der Waals surface area contributed by atoms with Crippen LogP contribution in [0.25, 0.3) is 5.57 Å². The molecule has 0 saturated heterocycles. The third kappa shape index (κ3) is 2.36. The molecule has 0 unspecified atom stereocenters. The van der Waals surface area contributed by atoms with Crippen LogP contribution in [-0.4, -0.2) is 6.29 Å². The second kappa shape index (κ2) is 5.85. The largest absolute Gasteiger partial charge is 0.298 e. The van der Waals surface area contributed by atoms with Gasteiger partial charge in [-0.3, -0.25) is 4.79 Å². The predicted molar refractivity (Wildman–Crippen MR) is 94.8 cm³/mol. The minimum Gasteiger partial charge on any atom is -0.298 e. The molecule has 0 N–H and O–H groups in total. The number of fused-ring (bicyclic) bond motifs is 1. The Morgan fingerprint density at radius 2 is 1.95 bits per heavy atom. The summed E-state index contributed by atoms with van der Waals surface area (Å²) in [5, 5.41) is 0. The lowest BCUT2D eigenvalue weighted by Crippen LogP contribution is -2.28. The molecule has 1 aromatic carbocycles. The average Bonchev–Trinajstić information content (AvgIpc) is 2.99. The molecular formula is C20H22OS. The van der Waals surface area contributed by atoms with Crippen molar-refractivity contribution < 1.29 is 4.79 Å². The van der Waals surface area contributed by atoms with Crippen molar-refractivity contribution in [3.63, 3.8) is 0 Å². The average molecular weight is 310 g/mol. The summed E-state index contributed by atoms with van der Waals surface area (Å²) in [6, 6.07) is 10.6. The van der Waals surface area contributed by atoms with E-state index in [2.05, 4.69) is 51.1 Å². The van der Waals surface area contributed by atoms with Gasteiger partial charge >= 0.3 is 0 Å². The second-order valence-corrected chi connectivity index (χ2v) is 7.43. The molecular weight excluding hydrogens is 288 g/mol. The van der Waals surface area contributed by atoms with Crippen LogP contribution in [0.2, 0.25) is 0 Å². The first-order valence-electron chi connectivity index (χ1n) is 8.00. The summed E-state index contributed by atoms with van der Waals surface area (Å²) >= 11 is 1.83. The maximum Gasteiger partial charge on any atom is 0.150 e. The van der Waals surface area contributed by atoms with Crippen molar-refractivity contribution in [2.45, 2.75) is 45.4 Å². The maximum absolute atomic E-state index is 11.2. The lowest BCUT2D eigenvalue weighted by Gasteiger charge is -2.37. The Hall–Kier alpha value is -1.67. The molecule has 0 saturated carbocycles. The van der Waals surface area contributed by atoms with Gasteiger partial charge in [-0.15, -0.1) is 11.3 Å². The second-order valence-electron chi connectivity index (χ2n) is 6.14. The van der Waals surface area contributed by atoms with Crippen molar-refractivity contribution >= 4 is 23.2 Å². The van der Waals surface area contributed by atoms with Crippen molar-refractivity contribution in [3.8, 4) is 0 Å². The quantitative estimate of drug-likeness (QED) is 0.656. The van der Waals surface area contributed by atoms with Gasteiger partial charge in [0.2, 0.25) is 0 Å². The van der Waals surface area contributed by atoms with Gasteiger partial charge in [-0.05, 0) is 66.5 Å². The van der Waals surface area contributed by atoms with E-state index in [0.29, 0.717) is 0 Å². The molecule has 1 nitrogen and oxygen atoms in total. The minimum absolute atomic E-state index is 0.215. The highest BCUT2D eigenvalue weighted by molar-refractivity contribution is 7.13. The summed E-state index contributed by atoms with van der Waals surface area (Å²) in [5.74, 6) is 0. The summed E-state index contributed by atoms with van der Waals surface area (Å²) in [5.41, 5.74) is 4.94. The number of allylic oxidation sites excluding steroid dienone is 1. The van der Waals surface area contributed by atoms with Crippen molar-refractivity contribution in [1.29, 1.82) is 0 Å². The first-order chi connectivity index (χ1) is 10.6. The zero-order valence-electron chi connectivity index (χ0n) is 13.5. The number of rotatable bonds is 4. The first-order valence-corrected chi connectivity index (χ1v) is 8.82. The predicted octanol–water partition coefficient (Wildman–Crippen LogP) is 5.76. The summed E-state index contributed by atoms with van der Waals surface area (Å²) in [4.78, 5) is 13.9. The fraction of sp³-hybridized carbons (Fsp3) is 0.350. The van der Waals surface area contributed by atoms with Gasteiger partial charge in [-0.25, -0.2) is 0 Å². The molecule has 1 heterocycles. The zero-order valence-corrected chi connectivity index (χ0v) is 14.3. The molecule has 0 atom stereocenters. The van der Waals surface area contributed by atoms with Crippen LogP contribution >= 0.6 is 11.3 Å². The van der Waals surface area contributed by atoms with Crippen LogP contribution in [0.15, 0.2) is 36.4 Å². The molecule has 0 spiro atoms. The Bertz CT molecular complexity index is 732. The van der Waals surface area contributed by atoms with Crippen molar-refractivity contribution in [2.75, 3.05) is 0 Å². The Morgan fingerprint density at radius 3 is 2.55 bits per heavy atom. The van der Waals surface area contributed by atoms with E-state index >= 15 is 0 Å². The number of benzene rings is 1. The number of aryl methyl sites for hydroxylation is 1. The van der Waals surface area contributed by atoms with Crippen molar-refractivity contribution in [1.82, 2.24) is 0 Å². The van der Waals surface area contributed by atoms with Gasteiger partial charge in [0.1, 0.15) is 6.29 Å². The van der Waals surface area contributed by atoms with Crippen LogP contribution < -0.4 is 0 Å². The first kappa shape index (κ1) is 15.2. The van der Waals surface area contributed by atoms with Gasteiger partial charge in [0.25, 0.3) is 0 Å². The highest BCUT2D eigenvalue weighted by Gasteiger charge is 2.34. The van der Waals surface area contributed by atoms with Crippen LogP contribution in [0.5, 0.6) is 0 Å². The smallest absolute Gasteiger partial charge is 0.150 e. The van der Waals surface area contributed by atoms with Crippen molar-refractivity contribution in [2.24, 2.45) is 0 Å². The molecule has 2 aromatic rings. The zero-order chi connectivity index (χ0) is 15.7. The molecule has 114 valence electrons. The van der Waals surface area contributed by atoms with E-state index in [-0.39, 0.29) is 5.41 Å². The van der Waals surface area contributed by atoms with E-state index < -0.39 is 0 Å². The normalized spacial score (nSPS) is 16.0. The molecule has 1 aromatic heterocycles. The SMILES string of the molecule is CCC1(CC)CC=C(c2ccc(C)s2)c2cc(C=O)ccc21. The van der Waals surface area contributed by atoms with Gasteiger partial charge in [0, 0.05) is 15.3 Å². The van der Waals surface area contributed by atoms with E-state index in [1.54, 1.807) is 0 Å². The third-order valence-electron chi connectivity index (χ3n) is 5.10. The van der Waals surface area contributed by atoms with E-state index in [9.17, 15) is 4.79 Å². The number of carbonyl (C=O) groups excluding carboxylic acids is 1. The molecule has 0 amide bonds. The number of thiophene rings is 1. The molecule has 0 bridgehead atoms. The number of hydrogen-bond donors (Lipinski definition) is 0. The molecule has 0 radical (unpaired) electrons. The Labute approximate surface area is 136 Å². The van der Waals surface area contributed by atoms with Crippen molar-refractivity contribution in [3.05, 3.63) is 62.9 Å². The molecule has 3 rings (SSSR count). The van der Waals surface area contributed by atoms with Crippen LogP contribution in [0.1, 0.15) is 64.3 Å². The van der Waals surface area contributed by atoms with E-state index in [1.165, 1.54) is 26.5 Å². The van der Waals surface area contributed by atoms with Crippen LogP contribution in [0.3, 0.4) is 0 Å². The maximum atomic E-state index is 11.2. The Kier molecular flexibility index (Phi) is 4.05. The lowest BCUT2D eigenvalue weighted by atomic mass is 9.67. The van der Waals surface area contributed by atoms with E-state index in [0.717, 1.165) is 31.1 Å². The van der Waals surface area contributed by atoms with Crippen LogP contribution in [-0.2, 0) is 5.41 Å². The fourth-order valence-electron chi connectivity index (χ4n) is 3.57. The number of aldehydes is 1. The van der Waals surface area contributed by atoms with Gasteiger partial charge in [-0.2, -0.15) is 0 Å². The summed E-state index contributed by atoms with van der Waals surface area (Å²) < 4.78 is 0. The molecule has 0 fully saturated rings. The summed E-state index contributed by atoms with van der Waals surface area (Å²) in [7, 11) is 0. The van der Waals surface area contributed by atoms with Gasteiger partial charge in [-0.1, -0.05) is 32.1 Å². The van der Waals surface area contributed by atoms with Gasteiger partial charge in [0.15, 0.2) is 0 Å². The number of carbonyl (C=O) groups is 1. The molecule has 0 aliphatic heterocycles. The van der Waals surface area contributed by atoms with Crippen LogP contribution in [0.4, 0.5) is 0 Å². The lowest BCUT2D eigenvalue weighted by molar-refractivity contribution is 0.112.